The van der Waals surface area contributed by atoms with Gasteiger partial charge in [0.15, 0.2) is 5.13 Å². The van der Waals surface area contributed by atoms with Crippen molar-refractivity contribution in [2.24, 2.45) is 5.41 Å². The number of aromatic nitrogens is 1. The van der Waals surface area contributed by atoms with Crippen molar-refractivity contribution < 1.29 is 4.79 Å². The maximum Gasteiger partial charge on any atom is 0.228 e. The fraction of sp³-hybridized carbons (Fsp3) is 0.529. The van der Waals surface area contributed by atoms with Gasteiger partial charge in [-0.3, -0.25) is 4.79 Å². The quantitative estimate of drug-likeness (QED) is 0.810. The Hall–Kier alpha value is -1.62. The van der Waals surface area contributed by atoms with Crippen LogP contribution < -0.4 is 4.90 Å². The van der Waals surface area contributed by atoms with E-state index in [1.54, 1.807) is 11.3 Å². The zero-order chi connectivity index (χ0) is 15.9. The number of carbonyl (C=O) groups is 1. The molecule has 0 saturated carbocycles. The number of nitrogens with zero attached hydrogens (tertiary/aromatic N) is 3. The third kappa shape index (κ3) is 2.95. The number of rotatable bonds is 1. The molecule has 1 aliphatic heterocycles. The number of piperazine rings is 1. The third-order valence-electron chi connectivity index (χ3n) is 4.01. The Morgan fingerprint density at radius 1 is 1.18 bits per heavy atom. The number of aryl methyl sites for hydroxylation is 1. The van der Waals surface area contributed by atoms with Crippen molar-refractivity contribution in [1.29, 1.82) is 0 Å². The summed E-state index contributed by atoms with van der Waals surface area (Å²) in [4.78, 5) is 21.4. The van der Waals surface area contributed by atoms with Gasteiger partial charge in [-0.15, -0.1) is 0 Å². The summed E-state index contributed by atoms with van der Waals surface area (Å²) in [6.07, 6.45) is 0. The third-order valence-corrected chi connectivity index (χ3v) is 5.09. The van der Waals surface area contributed by atoms with Crippen LogP contribution in [0.5, 0.6) is 0 Å². The van der Waals surface area contributed by atoms with Crippen LogP contribution in [0.25, 0.3) is 10.2 Å². The van der Waals surface area contributed by atoms with E-state index in [4.69, 9.17) is 4.98 Å². The minimum Gasteiger partial charge on any atom is -0.345 e. The molecule has 0 spiro atoms. The number of hydrogen-bond acceptors (Lipinski definition) is 4. The first-order chi connectivity index (χ1) is 10.3. The zero-order valence-corrected chi connectivity index (χ0v) is 14.5. The smallest absolute Gasteiger partial charge is 0.228 e. The Balaban J connectivity index is 1.71. The summed E-state index contributed by atoms with van der Waals surface area (Å²) < 4.78 is 1.24. The highest BCUT2D eigenvalue weighted by molar-refractivity contribution is 7.22. The summed E-state index contributed by atoms with van der Waals surface area (Å²) in [6.45, 7) is 11.3. The number of carbonyl (C=O) groups excluding carboxylic acids is 1. The highest BCUT2D eigenvalue weighted by Crippen LogP contribution is 2.30. The van der Waals surface area contributed by atoms with Crippen LogP contribution >= 0.6 is 11.3 Å². The van der Waals surface area contributed by atoms with Crippen molar-refractivity contribution in [3.05, 3.63) is 23.8 Å². The molecule has 0 N–H and O–H groups in total. The van der Waals surface area contributed by atoms with Crippen LogP contribution in [0.4, 0.5) is 5.13 Å². The average Bonchev–Trinajstić information content (AvgIpc) is 2.88. The van der Waals surface area contributed by atoms with Gasteiger partial charge in [0, 0.05) is 31.6 Å². The van der Waals surface area contributed by atoms with Crippen LogP contribution in [0.2, 0.25) is 0 Å². The molecule has 3 rings (SSSR count). The number of fused-ring (bicyclic) bond motifs is 1. The fourth-order valence-corrected chi connectivity index (χ4v) is 3.85. The molecule has 2 heterocycles. The fourth-order valence-electron chi connectivity index (χ4n) is 2.73. The van der Waals surface area contributed by atoms with Crippen LogP contribution in [0.3, 0.4) is 0 Å². The van der Waals surface area contributed by atoms with Gasteiger partial charge >= 0.3 is 0 Å². The molecule has 0 aliphatic carbocycles. The first-order valence-corrected chi connectivity index (χ1v) is 8.58. The van der Waals surface area contributed by atoms with E-state index >= 15 is 0 Å². The van der Waals surface area contributed by atoms with Crippen molar-refractivity contribution in [2.45, 2.75) is 27.7 Å². The van der Waals surface area contributed by atoms with Gasteiger partial charge in [0.05, 0.1) is 10.2 Å². The monoisotopic (exact) mass is 317 g/mol. The van der Waals surface area contributed by atoms with Crippen molar-refractivity contribution in [2.75, 3.05) is 31.1 Å². The summed E-state index contributed by atoms with van der Waals surface area (Å²) in [5.41, 5.74) is 2.04. The van der Waals surface area contributed by atoms with Crippen molar-refractivity contribution in [3.8, 4) is 0 Å². The molecule has 0 radical (unpaired) electrons. The molecule has 0 bridgehead atoms. The van der Waals surface area contributed by atoms with Crippen molar-refractivity contribution >= 4 is 32.6 Å². The van der Waals surface area contributed by atoms with Crippen LogP contribution in [0.15, 0.2) is 18.2 Å². The summed E-state index contributed by atoms with van der Waals surface area (Å²) in [5, 5.41) is 1.07. The maximum absolute atomic E-state index is 12.3. The molecule has 1 fully saturated rings. The van der Waals surface area contributed by atoms with E-state index in [1.807, 2.05) is 25.7 Å². The van der Waals surface area contributed by atoms with Gasteiger partial charge in [-0.1, -0.05) is 38.2 Å². The lowest BCUT2D eigenvalue weighted by Crippen LogP contribution is -2.51. The van der Waals surface area contributed by atoms with Crippen LogP contribution in [-0.4, -0.2) is 42.0 Å². The lowest BCUT2D eigenvalue weighted by molar-refractivity contribution is -0.139. The Bertz CT molecular complexity index is 693. The second-order valence-electron chi connectivity index (χ2n) is 7.00. The van der Waals surface area contributed by atoms with Gasteiger partial charge < -0.3 is 9.80 Å². The van der Waals surface area contributed by atoms with Crippen LogP contribution in [0, 0.1) is 12.3 Å². The lowest BCUT2D eigenvalue weighted by atomic mass is 9.94. The average molecular weight is 317 g/mol. The highest BCUT2D eigenvalue weighted by atomic mass is 32.1. The molecule has 1 aromatic heterocycles. The summed E-state index contributed by atoms with van der Waals surface area (Å²) in [7, 11) is 0. The first kappa shape index (κ1) is 15.3. The molecule has 1 aromatic carbocycles. The molecule has 1 aliphatic rings. The molecule has 2 aromatic rings. The Labute approximate surface area is 135 Å². The Morgan fingerprint density at radius 2 is 1.86 bits per heavy atom. The Kier molecular flexibility index (Phi) is 3.85. The van der Waals surface area contributed by atoms with Gasteiger partial charge in [0.25, 0.3) is 0 Å². The zero-order valence-electron chi connectivity index (χ0n) is 13.7. The van der Waals surface area contributed by atoms with E-state index in [9.17, 15) is 4.79 Å². The van der Waals surface area contributed by atoms with Crippen molar-refractivity contribution in [3.63, 3.8) is 0 Å². The number of anilines is 1. The SMILES string of the molecule is Cc1ccc2nc(N3CCN(C(=O)C(C)(C)C)CC3)sc2c1. The number of amides is 1. The minimum absolute atomic E-state index is 0.243. The molecule has 1 saturated heterocycles. The highest BCUT2D eigenvalue weighted by Gasteiger charge is 2.30. The standard InChI is InChI=1S/C17H23N3OS/c1-12-5-6-13-14(11-12)22-16(18-13)20-9-7-19(8-10-20)15(21)17(2,3)4/h5-6,11H,7-10H2,1-4H3. The topological polar surface area (TPSA) is 36.4 Å². The predicted molar refractivity (Wildman–Crippen MR) is 92.6 cm³/mol. The molecule has 0 atom stereocenters. The number of hydrogen-bond donors (Lipinski definition) is 0. The largest absolute Gasteiger partial charge is 0.345 e. The van der Waals surface area contributed by atoms with Gasteiger partial charge in [-0.25, -0.2) is 4.98 Å². The molecule has 22 heavy (non-hydrogen) atoms. The summed E-state index contributed by atoms with van der Waals surface area (Å²) in [5.74, 6) is 0.243. The second-order valence-corrected chi connectivity index (χ2v) is 8.01. The normalized spacial score (nSPS) is 16.4. The van der Waals surface area contributed by atoms with E-state index in [2.05, 4.69) is 30.0 Å². The summed E-state index contributed by atoms with van der Waals surface area (Å²) in [6, 6.07) is 6.38. The lowest BCUT2D eigenvalue weighted by Gasteiger charge is -2.37. The molecule has 1 amide bonds. The van der Waals surface area contributed by atoms with E-state index in [1.165, 1.54) is 10.3 Å². The van der Waals surface area contributed by atoms with Crippen molar-refractivity contribution in [1.82, 2.24) is 9.88 Å². The van der Waals surface area contributed by atoms with Gasteiger partial charge in [-0.05, 0) is 24.6 Å². The second kappa shape index (κ2) is 5.54. The van der Waals surface area contributed by atoms with E-state index in [-0.39, 0.29) is 11.3 Å². The van der Waals surface area contributed by atoms with Gasteiger partial charge in [0.2, 0.25) is 5.91 Å². The van der Waals surface area contributed by atoms with E-state index in [0.717, 1.165) is 36.8 Å². The van der Waals surface area contributed by atoms with Gasteiger partial charge in [-0.2, -0.15) is 0 Å². The molecular formula is C17H23N3OS. The van der Waals surface area contributed by atoms with E-state index in [0.29, 0.717) is 0 Å². The number of thiazole rings is 1. The molecule has 5 heteroatoms. The first-order valence-electron chi connectivity index (χ1n) is 7.76. The summed E-state index contributed by atoms with van der Waals surface area (Å²) >= 11 is 1.74. The Morgan fingerprint density at radius 3 is 2.50 bits per heavy atom. The molecular weight excluding hydrogens is 294 g/mol. The minimum atomic E-state index is -0.296. The van der Waals surface area contributed by atoms with Crippen LogP contribution in [-0.2, 0) is 4.79 Å². The molecule has 118 valence electrons. The van der Waals surface area contributed by atoms with Crippen LogP contribution in [0.1, 0.15) is 26.3 Å². The number of benzene rings is 1. The predicted octanol–water partition coefficient (Wildman–Crippen LogP) is 3.30. The molecule has 0 unspecified atom stereocenters. The maximum atomic E-state index is 12.3. The molecule has 4 nitrogen and oxygen atoms in total. The van der Waals surface area contributed by atoms with Gasteiger partial charge in [0.1, 0.15) is 0 Å². The van der Waals surface area contributed by atoms with E-state index < -0.39 is 0 Å².